The van der Waals surface area contributed by atoms with Crippen LogP contribution in [0, 0.1) is 0 Å². The molecule has 1 aliphatic rings. The van der Waals surface area contributed by atoms with E-state index in [2.05, 4.69) is 10.3 Å². The van der Waals surface area contributed by atoms with Crippen molar-refractivity contribution >= 4 is 34.5 Å². The summed E-state index contributed by atoms with van der Waals surface area (Å²) >= 11 is 0. The van der Waals surface area contributed by atoms with Gasteiger partial charge in [0.25, 0.3) is 0 Å². The number of nitrogens with two attached hydrogens (primary N) is 1. The molecule has 2 aromatic carbocycles. The maximum absolute atomic E-state index is 12.3. The molecule has 2 heterocycles. The van der Waals surface area contributed by atoms with E-state index in [4.69, 9.17) is 20.0 Å². The van der Waals surface area contributed by atoms with Crippen LogP contribution >= 0.6 is 0 Å². The number of oxazole rings is 1. The van der Waals surface area contributed by atoms with Crippen LogP contribution in [0.1, 0.15) is 18.4 Å². The summed E-state index contributed by atoms with van der Waals surface area (Å²) in [5, 5.41) is 11.8. The number of amides is 2. The zero-order valence-electron chi connectivity index (χ0n) is 19.3. The fraction of sp³-hybridized carbons (Fsp3) is 0.375. The zero-order chi connectivity index (χ0) is 24.2. The quantitative estimate of drug-likeness (QED) is 0.451. The Morgan fingerprint density at radius 3 is 2.59 bits per heavy atom. The molecule has 10 nitrogen and oxygen atoms in total. The molecule has 4 N–H and O–H groups in total. The molecule has 0 radical (unpaired) electrons. The van der Waals surface area contributed by atoms with Crippen molar-refractivity contribution in [1.29, 1.82) is 0 Å². The lowest BCUT2D eigenvalue weighted by Gasteiger charge is -2.29. The highest BCUT2D eigenvalue weighted by atomic mass is 16.5. The van der Waals surface area contributed by atoms with E-state index in [1.54, 1.807) is 18.2 Å². The van der Waals surface area contributed by atoms with E-state index in [1.807, 2.05) is 37.2 Å². The second kappa shape index (κ2) is 10.1. The Kier molecular flexibility index (Phi) is 6.99. The lowest BCUT2D eigenvalue weighted by Crippen LogP contribution is -2.40. The van der Waals surface area contributed by atoms with Crippen LogP contribution in [0.15, 0.2) is 40.8 Å². The summed E-state index contributed by atoms with van der Waals surface area (Å²) in [7, 11) is 3.96. The number of rotatable bonds is 7. The Balaban J connectivity index is 1.35. The number of ether oxygens (including phenoxy) is 1. The van der Waals surface area contributed by atoms with E-state index >= 15 is 0 Å². The van der Waals surface area contributed by atoms with E-state index in [1.165, 1.54) is 4.90 Å². The van der Waals surface area contributed by atoms with Crippen LogP contribution in [0.2, 0.25) is 0 Å². The minimum Gasteiger partial charge on any atom is -0.465 e. The van der Waals surface area contributed by atoms with Gasteiger partial charge in [-0.2, -0.15) is 0 Å². The number of fused-ring (bicyclic) bond motifs is 1. The molecular weight excluding hydrogens is 438 g/mol. The van der Waals surface area contributed by atoms with Gasteiger partial charge in [-0.05, 0) is 63.3 Å². The Morgan fingerprint density at radius 2 is 1.94 bits per heavy atom. The number of carboxylic acid groups (broad SMARTS) is 1. The van der Waals surface area contributed by atoms with Crippen LogP contribution in [0.5, 0.6) is 0 Å². The first-order chi connectivity index (χ1) is 16.3. The third-order valence-corrected chi connectivity index (χ3v) is 5.65. The highest BCUT2D eigenvalue weighted by molar-refractivity contribution is 5.92. The van der Waals surface area contributed by atoms with Gasteiger partial charge in [-0.25, -0.2) is 9.78 Å². The zero-order valence-corrected chi connectivity index (χ0v) is 19.3. The van der Waals surface area contributed by atoms with Gasteiger partial charge in [-0.3, -0.25) is 4.79 Å². The number of anilines is 2. The third-order valence-electron chi connectivity index (χ3n) is 5.65. The van der Waals surface area contributed by atoms with Crippen molar-refractivity contribution in [2.75, 3.05) is 44.8 Å². The van der Waals surface area contributed by atoms with Gasteiger partial charge in [-0.1, -0.05) is 0 Å². The normalized spacial score (nSPS) is 14.6. The molecule has 0 spiro atoms. The predicted octanol–water partition coefficient (Wildman–Crippen LogP) is 3.24. The second-order valence-corrected chi connectivity index (χ2v) is 8.69. The molecule has 0 unspecified atom stereocenters. The van der Waals surface area contributed by atoms with E-state index in [0.717, 1.165) is 11.1 Å². The highest BCUT2D eigenvalue weighted by Gasteiger charge is 2.23. The third kappa shape index (κ3) is 5.64. The summed E-state index contributed by atoms with van der Waals surface area (Å²) in [5.74, 6) is 0.216. The fourth-order valence-electron chi connectivity index (χ4n) is 4.01. The van der Waals surface area contributed by atoms with E-state index in [9.17, 15) is 9.59 Å². The average molecular weight is 468 g/mol. The van der Waals surface area contributed by atoms with Gasteiger partial charge in [-0.15, -0.1) is 0 Å². The monoisotopic (exact) mass is 467 g/mol. The smallest absolute Gasteiger partial charge is 0.407 e. The number of carbonyl (C=O) groups excluding carboxylic acids is 1. The Labute approximate surface area is 197 Å². The molecule has 4 rings (SSSR count). The molecule has 2 amide bonds. The van der Waals surface area contributed by atoms with Gasteiger partial charge in [0.1, 0.15) is 12.1 Å². The van der Waals surface area contributed by atoms with Crippen LogP contribution in [0.3, 0.4) is 0 Å². The average Bonchev–Trinajstić information content (AvgIpc) is 3.22. The number of hydrogen-bond acceptors (Lipinski definition) is 7. The van der Waals surface area contributed by atoms with Crippen LogP contribution in [-0.4, -0.2) is 71.8 Å². The number of aromatic nitrogens is 1. The minimum absolute atomic E-state index is 0.0826. The molecule has 0 aliphatic carbocycles. The molecule has 1 saturated heterocycles. The van der Waals surface area contributed by atoms with Gasteiger partial charge in [0.2, 0.25) is 11.8 Å². The molecule has 10 heteroatoms. The number of hydrogen-bond donors (Lipinski definition) is 3. The van der Waals surface area contributed by atoms with Crippen LogP contribution in [0.25, 0.3) is 22.6 Å². The van der Waals surface area contributed by atoms with Gasteiger partial charge < -0.3 is 35.1 Å². The maximum atomic E-state index is 12.3. The maximum Gasteiger partial charge on any atom is 0.407 e. The van der Waals surface area contributed by atoms with Crippen molar-refractivity contribution < 1.29 is 23.8 Å². The van der Waals surface area contributed by atoms with Crippen LogP contribution in [0.4, 0.5) is 16.2 Å². The lowest BCUT2D eigenvalue weighted by molar-refractivity contribution is -0.123. The molecule has 34 heavy (non-hydrogen) atoms. The lowest BCUT2D eigenvalue weighted by atomic mass is 10.1. The van der Waals surface area contributed by atoms with Crippen molar-refractivity contribution in [2.45, 2.75) is 25.5 Å². The number of piperidine rings is 1. The van der Waals surface area contributed by atoms with Crippen molar-refractivity contribution in [3.8, 4) is 11.5 Å². The fourth-order valence-corrected chi connectivity index (χ4v) is 4.01. The van der Waals surface area contributed by atoms with E-state index in [-0.39, 0.29) is 18.6 Å². The minimum atomic E-state index is -0.921. The second-order valence-electron chi connectivity index (χ2n) is 8.69. The van der Waals surface area contributed by atoms with Crippen LogP contribution in [-0.2, 0) is 16.1 Å². The van der Waals surface area contributed by atoms with Crippen molar-refractivity contribution in [3.63, 3.8) is 0 Å². The largest absolute Gasteiger partial charge is 0.465 e. The number of carbonyl (C=O) groups is 2. The standard InChI is InChI=1S/C24H29N5O5/c1-28(2)13-16-11-17(25)12-20-22(16)34-23(27-20)15-3-5-18(6-4-15)26-21(30)14-33-19-7-9-29(10-8-19)24(31)32/h3-6,11-12,19H,7-10,13-14,25H2,1-2H3,(H,26,30)(H,31,32). The first kappa shape index (κ1) is 23.5. The van der Waals surface area contributed by atoms with E-state index < -0.39 is 6.09 Å². The van der Waals surface area contributed by atoms with Crippen molar-refractivity contribution in [1.82, 2.24) is 14.8 Å². The molecule has 0 atom stereocenters. The first-order valence-corrected chi connectivity index (χ1v) is 11.1. The first-order valence-electron chi connectivity index (χ1n) is 11.1. The number of likely N-dealkylation sites (tertiary alicyclic amines) is 1. The van der Waals surface area contributed by atoms with Crippen molar-refractivity contribution in [2.24, 2.45) is 0 Å². The summed E-state index contributed by atoms with van der Waals surface area (Å²) < 4.78 is 11.7. The van der Waals surface area contributed by atoms with Crippen LogP contribution < -0.4 is 11.1 Å². The molecule has 0 bridgehead atoms. The number of nitrogens with one attached hydrogen (secondary N) is 1. The molecule has 0 saturated carbocycles. The summed E-state index contributed by atoms with van der Waals surface area (Å²) in [6, 6.07) is 10.9. The summed E-state index contributed by atoms with van der Waals surface area (Å²) in [5.41, 5.74) is 10.5. The summed E-state index contributed by atoms with van der Waals surface area (Å²) in [6.45, 7) is 1.44. The SMILES string of the molecule is CN(C)Cc1cc(N)cc2nc(-c3ccc(NC(=O)COC4CCN(C(=O)O)CC4)cc3)oc12. The summed E-state index contributed by atoms with van der Waals surface area (Å²) in [4.78, 5) is 31.2. The predicted molar refractivity (Wildman–Crippen MR) is 128 cm³/mol. The topological polar surface area (TPSA) is 134 Å². The molecule has 1 fully saturated rings. The summed E-state index contributed by atoms with van der Waals surface area (Å²) in [6.07, 6.45) is 0.131. The number of nitrogens with zero attached hydrogens (tertiary/aromatic N) is 3. The van der Waals surface area contributed by atoms with Gasteiger partial charge in [0.15, 0.2) is 5.58 Å². The number of nitrogen functional groups attached to an aromatic ring is 1. The Bertz CT molecular complexity index is 1170. The van der Waals surface area contributed by atoms with Gasteiger partial charge in [0.05, 0.1) is 6.10 Å². The highest BCUT2D eigenvalue weighted by Crippen LogP contribution is 2.29. The van der Waals surface area contributed by atoms with Gasteiger partial charge >= 0.3 is 6.09 Å². The molecule has 3 aromatic rings. The Morgan fingerprint density at radius 1 is 1.24 bits per heavy atom. The number of benzene rings is 2. The Hall–Kier alpha value is -3.63. The molecular formula is C24H29N5O5. The van der Waals surface area contributed by atoms with E-state index in [0.29, 0.717) is 60.8 Å². The molecule has 1 aromatic heterocycles. The molecule has 180 valence electrons. The molecule has 1 aliphatic heterocycles. The van der Waals surface area contributed by atoms with Crippen molar-refractivity contribution in [3.05, 3.63) is 42.0 Å². The van der Waals surface area contributed by atoms with Gasteiger partial charge in [0, 0.05) is 42.1 Å².